The Balaban J connectivity index is 2.35. The average molecular weight is 268 g/mol. The number of ether oxygens (including phenoxy) is 1. The molecular formula is C13H18ClN3O. The van der Waals surface area contributed by atoms with Gasteiger partial charge in [-0.25, -0.2) is 0 Å². The van der Waals surface area contributed by atoms with Gasteiger partial charge in [-0.05, 0) is 32.0 Å². The van der Waals surface area contributed by atoms with E-state index in [1.807, 2.05) is 12.1 Å². The van der Waals surface area contributed by atoms with E-state index in [9.17, 15) is 0 Å². The molecule has 1 heterocycles. The lowest BCUT2D eigenvalue weighted by Gasteiger charge is -2.40. The highest BCUT2D eigenvalue weighted by Crippen LogP contribution is 2.28. The molecule has 0 spiro atoms. The van der Waals surface area contributed by atoms with Crippen LogP contribution in [0.15, 0.2) is 18.2 Å². The lowest BCUT2D eigenvalue weighted by Crippen LogP contribution is -2.48. The highest BCUT2D eigenvalue weighted by Gasteiger charge is 2.28. The van der Waals surface area contributed by atoms with Crippen molar-refractivity contribution in [3.05, 3.63) is 28.8 Å². The maximum absolute atomic E-state index is 7.65. The first kappa shape index (κ1) is 13.2. The summed E-state index contributed by atoms with van der Waals surface area (Å²) in [5.41, 5.74) is 7.06. The fourth-order valence-electron chi connectivity index (χ4n) is 2.22. The van der Waals surface area contributed by atoms with Crippen LogP contribution in [0.25, 0.3) is 0 Å². The van der Waals surface area contributed by atoms with Crippen molar-refractivity contribution in [3.8, 4) is 0 Å². The van der Waals surface area contributed by atoms with Crippen molar-refractivity contribution in [1.82, 2.24) is 0 Å². The van der Waals surface area contributed by atoms with Gasteiger partial charge in [-0.3, -0.25) is 5.41 Å². The number of hydrogen-bond acceptors (Lipinski definition) is 3. The molecule has 0 saturated carbocycles. The Morgan fingerprint density at radius 3 is 2.83 bits per heavy atom. The van der Waals surface area contributed by atoms with Gasteiger partial charge in [0, 0.05) is 29.4 Å². The monoisotopic (exact) mass is 267 g/mol. The number of nitrogens with zero attached hydrogens (tertiary/aromatic N) is 1. The van der Waals surface area contributed by atoms with Crippen molar-refractivity contribution >= 4 is 23.1 Å². The molecule has 4 nitrogen and oxygen atoms in total. The van der Waals surface area contributed by atoms with Crippen molar-refractivity contribution in [2.45, 2.75) is 19.4 Å². The van der Waals surface area contributed by atoms with E-state index >= 15 is 0 Å². The van der Waals surface area contributed by atoms with Gasteiger partial charge in [-0.15, -0.1) is 0 Å². The average Bonchev–Trinajstić information content (AvgIpc) is 2.27. The number of nitrogen functional groups attached to an aromatic ring is 1. The number of morpholine rings is 1. The highest BCUT2D eigenvalue weighted by atomic mass is 35.5. The van der Waals surface area contributed by atoms with Crippen LogP contribution in [0.4, 0.5) is 5.69 Å². The zero-order chi connectivity index (χ0) is 13.3. The number of anilines is 1. The Labute approximate surface area is 112 Å². The third kappa shape index (κ3) is 2.76. The molecule has 5 heteroatoms. The molecule has 1 aromatic rings. The van der Waals surface area contributed by atoms with Gasteiger partial charge in [0.1, 0.15) is 5.84 Å². The summed E-state index contributed by atoms with van der Waals surface area (Å²) in [6.07, 6.45) is 0. The van der Waals surface area contributed by atoms with Crippen molar-refractivity contribution in [3.63, 3.8) is 0 Å². The Bertz CT molecular complexity index is 473. The van der Waals surface area contributed by atoms with Crippen LogP contribution in [-0.4, -0.2) is 31.1 Å². The van der Waals surface area contributed by atoms with Crippen LogP contribution in [0.5, 0.6) is 0 Å². The maximum atomic E-state index is 7.65. The molecule has 0 unspecified atom stereocenters. The molecule has 0 atom stereocenters. The minimum absolute atomic E-state index is 0.0387. The second-order valence-corrected chi connectivity index (χ2v) is 5.54. The van der Waals surface area contributed by atoms with Crippen LogP contribution in [0.1, 0.15) is 19.4 Å². The number of benzene rings is 1. The van der Waals surface area contributed by atoms with E-state index in [2.05, 4.69) is 18.7 Å². The lowest BCUT2D eigenvalue weighted by atomic mass is 10.0. The molecule has 3 N–H and O–H groups in total. The number of nitrogens with one attached hydrogen (secondary N) is 1. The number of nitrogens with two attached hydrogens (primary N) is 1. The van der Waals surface area contributed by atoms with Gasteiger partial charge >= 0.3 is 0 Å². The van der Waals surface area contributed by atoms with Crippen LogP contribution in [0, 0.1) is 5.41 Å². The molecule has 2 rings (SSSR count). The van der Waals surface area contributed by atoms with Gasteiger partial charge in [0.25, 0.3) is 0 Å². The molecule has 0 amide bonds. The normalized spacial score (nSPS) is 18.7. The first-order valence-electron chi connectivity index (χ1n) is 5.92. The molecule has 1 saturated heterocycles. The third-order valence-corrected chi connectivity index (χ3v) is 3.25. The maximum Gasteiger partial charge on any atom is 0.124 e. The summed E-state index contributed by atoms with van der Waals surface area (Å²) in [6.45, 7) is 6.36. The van der Waals surface area contributed by atoms with Gasteiger partial charge < -0.3 is 15.4 Å². The molecule has 1 fully saturated rings. The Kier molecular flexibility index (Phi) is 3.50. The molecule has 1 aromatic carbocycles. The summed E-state index contributed by atoms with van der Waals surface area (Å²) in [5.74, 6) is 0.0387. The SMILES string of the molecule is CC1(C)CN(c2ccc(Cl)cc2C(=N)N)CCO1. The Hall–Kier alpha value is -1.26. The predicted octanol–water partition coefficient (Wildman–Crippen LogP) is 2.24. The van der Waals surface area contributed by atoms with E-state index in [1.54, 1.807) is 6.07 Å². The topological polar surface area (TPSA) is 62.3 Å². The fourth-order valence-corrected chi connectivity index (χ4v) is 2.39. The largest absolute Gasteiger partial charge is 0.384 e. The molecular weight excluding hydrogens is 250 g/mol. The smallest absolute Gasteiger partial charge is 0.124 e. The van der Waals surface area contributed by atoms with Crippen molar-refractivity contribution in [1.29, 1.82) is 5.41 Å². The highest BCUT2D eigenvalue weighted by molar-refractivity contribution is 6.31. The summed E-state index contributed by atoms with van der Waals surface area (Å²) < 4.78 is 5.69. The van der Waals surface area contributed by atoms with Gasteiger partial charge in [-0.2, -0.15) is 0 Å². The molecule has 0 radical (unpaired) electrons. The van der Waals surface area contributed by atoms with Crippen LogP contribution >= 0.6 is 11.6 Å². The van der Waals surface area contributed by atoms with Crippen molar-refractivity contribution in [2.75, 3.05) is 24.6 Å². The zero-order valence-corrected chi connectivity index (χ0v) is 11.4. The van der Waals surface area contributed by atoms with E-state index in [-0.39, 0.29) is 11.4 Å². The summed E-state index contributed by atoms with van der Waals surface area (Å²) in [7, 11) is 0. The van der Waals surface area contributed by atoms with E-state index < -0.39 is 0 Å². The van der Waals surface area contributed by atoms with Crippen molar-refractivity contribution in [2.24, 2.45) is 5.73 Å². The quantitative estimate of drug-likeness (QED) is 0.638. The fraction of sp³-hybridized carbons (Fsp3) is 0.462. The first-order valence-corrected chi connectivity index (χ1v) is 6.30. The third-order valence-electron chi connectivity index (χ3n) is 3.02. The zero-order valence-electron chi connectivity index (χ0n) is 10.7. The van der Waals surface area contributed by atoms with Crippen LogP contribution in [0.2, 0.25) is 5.02 Å². The van der Waals surface area contributed by atoms with Crippen LogP contribution < -0.4 is 10.6 Å². The van der Waals surface area contributed by atoms with Gasteiger partial charge in [0.05, 0.1) is 12.2 Å². The summed E-state index contributed by atoms with van der Waals surface area (Å²) in [4.78, 5) is 2.19. The summed E-state index contributed by atoms with van der Waals surface area (Å²) in [5, 5.41) is 8.25. The van der Waals surface area contributed by atoms with Gasteiger partial charge in [0.15, 0.2) is 0 Å². The molecule has 0 aromatic heterocycles. The molecule has 1 aliphatic heterocycles. The van der Waals surface area contributed by atoms with E-state index in [0.29, 0.717) is 17.2 Å². The molecule has 0 bridgehead atoms. The predicted molar refractivity (Wildman–Crippen MR) is 74.7 cm³/mol. The van der Waals surface area contributed by atoms with Crippen LogP contribution in [-0.2, 0) is 4.74 Å². The van der Waals surface area contributed by atoms with E-state index in [1.165, 1.54) is 0 Å². The number of rotatable bonds is 2. The second kappa shape index (κ2) is 4.78. The summed E-state index contributed by atoms with van der Waals surface area (Å²) in [6, 6.07) is 5.48. The Morgan fingerprint density at radius 2 is 2.22 bits per heavy atom. The molecule has 1 aliphatic rings. The van der Waals surface area contributed by atoms with Crippen LogP contribution in [0.3, 0.4) is 0 Å². The van der Waals surface area contributed by atoms with Gasteiger partial charge in [0.2, 0.25) is 0 Å². The molecule has 98 valence electrons. The minimum atomic E-state index is -0.189. The van der Waals surface area contributed by atoms with Gasteiger partial charge in [-0.1, -0.05) is 11.6 Å². The molecule has 0 aliphatic carbocycles. The standard InChI is InChI=1S/C13H18ClN3O/c1-13(2)8-17(5-6-18-13)11-4-3-9(14)7-10(11)12(15)16/h3-4,7H,5-6,8H2,1-2H3,(H3,15,16). The first-order chi connectivity index (χ1) is 8.39. The number of amidine groups is 1. The minimum Gasteiger partial charge on any atom is -0.384 e. The number of hydrogen-bond donors (Lipinski definition) is 2. The number of halogens is 1. The van der Waals surface area contributed by atoms with E-state index in [4.69, 9.17) is 27.5 Å². The summed E-state index contributed by atoms with van der Waals surface area (Å²) >= 11 is 5.96. The van der Waals surface area contributed by atoms with E-state index in [0.717, 1.165) is 18.8 Å². The molecule has 18 heavy (non-hydrogen) atoms. The van der Waals surface area contributed by atoms with Crippen molar-refractivity contribution < 1.29 is 4.74 Å². The second-order valence-electron chi connectivity index (χ2n) is 5.10. The lowest BCUT2D eigenvalue weighted by molar-refractivity contribution is -0.0276. The Morgan fingerprint density at radius 1 is 1.50 bits per heavy atom.